The molecule has 21 heavy (non-hydrogen) atoms. The predicted molar refractivity (Wildman–Crippen MR) is 79.4 cm³/mol. The van der Waals surface area contributed by atoms with Crippen LogP contribution in [0.5, 0.6) is 0 Å². The van der Waals surface area contributed by atoms with Gasteiger partial charge in [0.2, 0.25) is 5.56 Å². The van der Waals surface area contributed by atoms with Crippen molar-refractivity contribution in [3.8, 4) is 0 Å². The van der Waals surface area contributed by atoms with Crippen molar-refractivity contribution >= 4 is 11.6 Å². The zero-order valence-corrected chi connectivity index (χ0v) is 12.1. The molecule has 0 atom stereocenters. The van der Waals surface area contributed by atoms with E-state index in [2.05, 4.69) is 25.4 Å². The molecule has 3 rings (SSSR count). The van der Waals surface area contributed by atoms with Gasteiger partial charge in [-0.15, -0.1) is 5.10 Å². The zero-order valence-electron chi connectivity index (χ0n) is 12.1. The van der Waals surface area contributed by atoms with Crippen LogP contribution in [-0.2, 0) is 6.54 Å². The molecule has 0 aliphatic heterocycles. The molecule has 3 aromatic rings. The molecule has 0 aromatic carbocycles. The van der Waals surface area contributed by atoms with E-state index in [1.807, 2.05) is 32.9 Å². The Balaban J connectivity index is 1.92. The lowest BCUT2D eigenvalue weighted by Gasteiger charge is -2.09. The van der Waals surface area contributed by atoms with Gasteiger partial charge in [0, 0.05) is 30.1 Å². The molecule has 0 amide bonds. The number of aromatic amines is 1. The Morgan fingerprint density at radius 1 is 1.19 bits per heavy atom. The highest BCUT2D eigenvalue weighted by atomic mass is 16.1. The standard InChI is InChI=1S/C14H16N6O/c1-8-4-11(6-13(21)16-8)7-15-12-5-9(2)17-14-18-10(3)19-20(12)14/h4-6,15H,7H2,1-3H3,(H,16,21). The summed E-state index contributed by atoms with van der Waals surface area (Å²) in [6, 6.07) is 5.42. The van der Waals surface area contributed by atoms with Crippen LogP contribution in [0.1, 0.15) is 22.8 Å². The summed E-state index contributed by atoms with van der Waals surface area (Å²) in [6.45, 7) is 6.13. The largest absolute Gasteiger partial charge is 0.366 e. The van der Waals surface area contributed by atoms with Crippen LogP contribution in [0.4, 0.5) is 5.82 Å². The molecule has 0 unspecified atom stereocenters. The van der Waals surface area contributed by atoms with Gasteiger partial charge < -0.3 is 10.3 Å². The molecule has 0 saturated heterocycles. The van der Waals surface area contributed by atoms with Gasteiger partial charge in [-0.05, 0) is 32.4 Å². The molecule has 7 heteroatoms. The van der Waals surface area contributed by atoms with Crippen LogP contribution in [-0.4, -0.2) is 24.6 Å². The maximum absolute atomic E-state index is 11.5. The molecule has 0 saturated carbocycles. The van der Waals surface area contributed by atoms with Gasteiger partial charge in [0.25, 0.3) is 5.78 Å². The summed E-state index contributed by atoms with van der Waals surface area (Å²) in [5, 5.41) is 7.59. The van der Waals surface area contributed by atoms with Gasteiger partial charge >= 0.3 is 0 Å². The number of pyridine rings is 1. The minimum atomic E-state index is -0.0977. The van der Waals surface area contributed by atoms with Crippen molar-refractivity contribution in [2.75, 3.05) is 5.32 Å². The molecular formula is C14H16N6O. The number of fused-ring (bicyclic) bond motifs is 1. The van der Waals surface area contributed by atoms with Crippen molar-refractivity contribution in [3.05, 3.63) is 51.3 Å². The monoisotopic (exact) mass is 284 g/mol. The highest BCUT2D eigenvalue weighted by Gasteiger charge is 2.07. The molecule has 7 nitrogen and oxygen atoms in total. The van der Waals surface area contributed by atoms with E-state index in [0.29, 0.717) is 18.1 Å². The molecule has 3 aromatic heterocycles. The minimum absolute atomic E-state index is 0.0977. The van der Waals surface area contributed by atoms with E-state index >= 15 is 0 Å². The molecule has 0 radical (unpaired) electrons. The maximum Gasteiger partial charge on any atom is 0.254 e. The fourth-order valence-corrected chi connectivity index (χ4v) is 2.26. The predicted octanol–water partition coefficient (Wildman–Crippen LogP) is 1.35. The van der Waals surface area contributed by atoms with E-state index in [0.717, 1.165) is 22.8 Å². The summed E-state index contributed by atoms with van der Waals surface area (Å²) >= 11 is 0. The van der Waals surface area contributed by atoms with Crippen LogP contribution < -0.4 is 10.9 Å². The van der Waals surface area contributed by atoms with Gasteiger partial charge in [-0.2, -0.15) is 9.50 Å². The zero-order chi connectivity index (χ0) is 15.0. The van der Waals surface area contributed by atoms with Crippen LogP contribution in [0.25, 0.3) is 5.78 Å². The number of nitrogens with zero attached hydrogens (tertiary/aromatic N) is 4. The van der Waals surface area contributed by atoms with Crippen molar-refractivity contribution in [1.82, 2.24) is 24.6 Å². The molecule has 0 spiro atoms. The fourth-order valence-electron chi connectivity index (χ4n) is 2.26. The number of H-pyrrole nitrogens is 1. The normalized spacial score (nSPS) is 11.0. The molecule has 3 heterocycles. The summed E-state index contributed by atoms with van der Waals surface area (Å²) in [5.41, 5.74) is 2.52. The first kappa shape index (κ1) is 13.3. The number of nitrogens with one attached hydrogen (secondary N) is 2. The quantitative estimate of drug-likeness (QED) is 0.758. The third-order valence-electron chi connectivity index (χ3n) is 3.06. The van der Waals surface area contributed by atoms with Crippen molar-refractivity contribution < 1.29 is 0 Å². The second kappa shape index (κ2) is 5.01. The van der Waals surface area contributed by atoms with Gasteiger partial charge in [0.15, 0.2) is 0 Å². The number of aryl methyl sites for hydroxylation is 3. The number of aromatic nitrogens is 5. The Hall–Kier alpha value is -2.70. The minimum Gasteiger partial charge on any atom is -0.366 e. The summed E-state index contributed by atoms with van der Waals surface area (Å²) in [6.07, 6.45) is 0. The van der Waals surface area contributed by atoms with Crippen LogP contribution in [0.15, 0.2) is 23.0 Å². The van der Waals surface area contributed by atoms with Gasteiger partial charge in [0.05, 0.1) is 0 Å². The number of rotatable bonds is 3. The number of hydrogen-bond acceptors (Lipinski definition) is 5. The molecule has 0 aliphatic carbocycles. The highest BCUT2D eigenvalue weighted by molar-refractivity contribution is 5.45. The second-order valence-corrected chi connectivity index (χ2v) is 5.04. The Kier molecular flexibility index (Phi) is 3.17. The Morgan fingerprint density at radius 2 is 2.00 bits per heavy atom. The summed E-state index contributed by atoms with van der Waals surface area (Å²) in [5.74, 6) is 2.04. The van der Waals surface area contributed by atoms with E-state index in [9.17, 15) is 4.79 Å². The van der Waals surface area contributed by atoms with Crippen LogP contribution >= 0.6 is 0 Å². The van der Waals surface area contributed by atoms with Crippen molar-refractivity contribution in [1.29, 1.82) is 0 Å². The first-order valence-electron chi connectivity index (χ1n) is 6.66. The molecule has 108 valence electrons. The van der Waals surface area contributed by atoms with E-state index in [1.54, 1.807) is 10.6 Å². The summed E-state index contributed by atoms with van der Waals surface area (Å²) in [7, 11) is 0. The van der Waals surface area contributed by atoms with E-state index in [1.165, 1.54) is 0 Å². The van der Waals surface area contributed by atoms with E-state index in [4.69, 9.17) is 0 Å². The molecule has 2 N–H and O–H groups in total. The summed E-state index contributed by atoms with van der Waals surface area (Å²) < 4.78 is 1.67. The maximum atomic E-state index is 11.5. The topological polar surface area (TPSA) is 88.0 Å². The van der Waals surface area contributed by atoms with Gasteiger partial charge in [-0.1, -0.05) is 0 Å². The molecular weight excluding hydrogens is 268 g/mol. The lowest BCUT2D eigenvalue weighted by atomic mass is 10.2. The lowest BCUT2D eigenvalue weighted by molar-refractivity contribution is 0.898. The average molecular weight is 284 g/mol. The smallest absolute Gasteiger partial charge is 0.254 e. The Labute approximate surface area is 121 Å². The van der Waals surface area contributed by atoms with Crippen LogP contribution in [0, 0.1) is 20.8 Å². The van der Waals surface area contributed by atoms with Crippen LogP contribution in [0.3, 0.4) is 0 Å². The number of hydrogen-bond donors (Lipinski definition) is 2. The van der Waals surface area contributed by atoms with Gasteiger partial charge in [-0.3, -0.25) is 4.79 Å². The second-order valence-electron chi connectivity index (χ2n) is 5.04. The highest BCUT2D eigenvalue weighted by Crippen LogP contribution is 2.12. The van der Waals surface area contributed by atoms with Crippen molar-refractivity contribution in [2.24, 2.45) is 0 Å². The van der Waals surface area contributed by atoms with Crippen molar-refractivity contribution in [3.63, 3.8) is 0 Å². The van der Waals surface area contributed by atoms with Gasteiger partial charge in [-0.25, -0.2) is 4.98 Å². The number of anilines is 1. The van der Waals surface area contributed by atoms with Gasteiger partial charge in [0.1, 0.15) is 11.6 Å². The fraction of sp³-hybridized carbons (Fsp3) is 0.286. The third kappa shape index (κ3) is 2.76. The van der Waals surface area contributed by atoms with E-state index < -0.39 is 0 Å². The molecule has 0 aliphatic rings. The first-order valence-corrected chi connectivity index (χ1v) is 6.66. The Bertz CT molecular complexity index is 864. The average Bonchev–Trinajstić information content (AvgIpc) is 2.75. The Morgan fingerprint density at radius 3 is 2.76 bits per heavy atom. The molecule has 0 fully saturated rings. The lowest BCUT2D eigenvalue weighted by Crippen LogP contribution is -2.11. The molecule has 0 bridgehead atoms. The first-order chi connectivity index (χ1) is 10.0. The summed E-state index contributed by atoms with van der Waals surface area (Å²) in [4.78, 5) is 22.8. The van der Waals surface area contributed by atoms with Crippen LogP contribution in [0.2, 0.25) is 0 Å². The van der Waals surface area contributed by atoms with Crippen molar-refractivity contribution in [2.45, 2.75) is 27.3 Å². The van der Waals surface area contributed by atoms with E-state index in [-0.39, 0.29) is 5.56 Å². The SMILES string of the molecule is Cc1cc(NCc2cc(C)[nH]c(=O)c2)n2nc(C)nc2n1. The third-order valence-corrected chi connectivity index (χ3v) is 3.06.